The number of alkyl halides is 9. The predicted octanol–water partition coefficient (Wildman–Crippen LogP) is 3.71. The first-order valence-corrected chi connectivity index (χ1v) is 7.05. The summed E-state index contributed by atoms with van der Waals surface area (Å²) in [6.07, 6.45) is -18.7. The van der Waals surface area contributed by atoms with Crippen LogP contribution in [-0.2, 0) is 11.2 Å². The third kappa shape index (κ3) is 3.46. The highest BCUT2D eigenvalue weighted by Crippen LogP contribution is 2.47. The molecule has 1 amide bonds. The lowest BCUT2D eigenvalue weighted by Crippen LogP contribution is -2.77. The summed E-state index contributed by atoms with van der Waals surface area (Å²) in [7, 11) is 0. The summed E-state index contributed by atoms with van der Waals surface area (Å²) in [5, 5.41) is 0. The Labute approximate surface area is 141 Å². The Morgan fingerprint density at radius 1 is 0.846 bits per heavy atom. The maximum Gasteiger partial charge on any atom is 0.487 e. The zero-order chi connectivity index (χ0) is 20.0. The van der Waals surface area contributed by atoms with Gasteiger partial charge in [0.1, 0.15) is 0 Å². The Bertz CT molecular complexity index is 653. The van der Waals surface area contributed by atoms with Gasteiger partial charge in [-0.15, -0.1) is 13.2 Å². The fraction of sp³-hybridized carbons (Fsp3) is 0.500. The van der Waals surface area contributed by atoms with Gasteiger partial charge in [-0.2, -0.15) is 31.2 Å². The monoisotopic (exact) mass is 394 g/mol. The van der Waals surface area contributed by atoms with Crippen LogP contribution in [0.3, 0.4) is 0 Å². The summed E-state index contributed by atoms with van der Waals surface area (Å²) >= 11 is 0. The fourth-order valence-corrected chi connectivity index (χ4v) is 2.85. The fourth-order valence-electron chi connectivity index (χ4n) is 2.85. The average Bonchev–Trinajstić information content (AvgIpc) is 2.46. The number of halogens is 9. The summed E-state index contributed by atoms with van der Waals surface area (Å²) in [6, 6.07) is 5.76. The van der Waals surface area contributed by atoms with Crippen LogP contribution in [0.15, 0.2) is 30.3 Å². The van der Waals surface area contributed by atoms with Crippen molar-refractivity contribution >= 4 is 5.91 Å². The molecule has 3 nitrogen and oxygen atoms in total. The van der Waals surface area contributed by atoms with E-state index in [2.05, 4.69) is 0 Å². The molecule has 1 aromatic rings. The largest absolute Gasteiger partial charge is 0.487 e. The Morgan fingerprint density at radius 2 is 1.38 bits per heavy atom. The van der Waals surface area contributed by atoms with Crippen LogP contribution in [-0.4, -0.2) is 53.1 Å². The van der Waals surface area contributed by atoms with Crippen molar-refractivity contribution in [2.45, 2.75) is 30.7 Å². The molecule has 0 radical (unpaired) electrons. The van der Waals surface area contributed by atoms with Crippen LogP contribution in [0.4, 0.5) is 39.5 Å². The molecule has 12 heteroatoms. The summed E-state index contributed by atoms with van der Waals surface area (Å²) < 4.78 is 120. The number of rotatable bonds is 2. The van der Waals surface area contributed by atoms with E-state index in [0.717, 1.165) is 12.1 Å². The number of carbonyl (C=O) groups is 1. The predicted molar refractivity (Wildman–Crippen MR) is 69.5 cm³/mol. The van der Waals surface area contributed by atoms with Crippen LogP contribution in [0.2, 0.25) is 0 Å². The first kappa shape index (κ1) is 20.3. The molecule has 1 fully saturated rings. The van der Waals surface area contributed by atoms with Gasteiger partial charge in [-0.25, -0.2) is 0 Å². The lowest BCUT2D eigenvalue weighted by Gasteiger charge is -2.50. The third-order valence-corrected chi connectivity index (χ3v) is 3.99. The maximum absolute atomic E-state index is 13.7. The van der Waals surface area contributed by atoms with E-state index in [4.69, 9.17) is 0 Å². The molecule has 0 bridgehead atoms. The highest BCUT2D eigenvalue weighted by Gasteiger charge is 2.73. The van der Waals surface area contributed by atoms with Crippen molar-refractivity contribution < 1.29 is 44.3 Å². The maximum atomic E-state index is 13.7. The van der Waals surface area contributed by atoms with Crippen molar-refractivity contribution in [3.05, 3.63) is 35.9 Å². The van der Waals surface area contributed by atoms with Gasteiger partial charge in [0, 0.05) is 19.5 Å². The number of benzene rings is 1. The summed E-state index contributed by atoms with van der Waals surface area (Å²) in [6.45, 7) is -3.23. The number of piperazine rings is 1. The minimum atomic E-state index is -5.92. The Balaban J connectivity index is 2.68. The zero-order valence-electron chi connectivity index (χ0n) is 12.7. The zero-order valence-corrected chi connectivity index (χ0v) is 12.7. The van der Waals surface area contributed by atoms with Crippen LogP contribution < -0.4 is 0 Å². The van der Waals surface area contributed by atoms with Crippen LogP contribution in [0.1, 0.15) is 5.56 Å². The molecule has 26 heavy (non-hydrogen) atoms. The van der Waals surface area contributed by atoms with E-state index in [9.17, 15) is 44.3 Å². The van der Waals surface area contributed by atoms with E-state index in [-0.39, 0.29) is 5.56 Å². The Hall–Kier alpha value is -1.98. The molecule has 0 aliphatic carbocycles. The molecule has 0 saturated carbocycles. The number of carbonyl (C=O) groups excluding carboxylic acids is 1. The van der Waals surface area contributed by atoms with Crippen molar-refractivity contribution in [1.29, 1.82) is 0 Å². The molecule has 1 unspecified atom stereocenters. The van der Waals surface area contributed by atoms with Gasteiger partial charge in [-0.05, 0) is 5.56 Å². The van der Waals surface area contributed by atoms with Gasteiger partial charge in [0.15, 0.2) is 0 Å². The molecular formula is C14H11F9N2O. The van der Waals surface area contributed by atoms with E-state index in [0.29, 0.717) is 0 Å². The molecule has 1 aliphatic rings. The quantitative estimate of drug-likeness (QED) is 0.564. The van der Waals surface area contributed by atoms with E-state index < -0.39 is 59.5 Å². The number of hydrogen-bond acceptors (Lipinski definition) is 2. The summed E-state index contributed by atoms with van der Waals surface area (Å²) in [4.78, 5) is 9.87. The standard InChI is InChI=1S/C14H11F9N2O/c15-12(16,17)11(8-9-4-2-1-3-5-9)10(26)24(13(18,19)20)6-7-25(11)14(21,22)23/h1-5H,6-8H2. The van der Waals surface area contributed by atoms with Crippen LogP contribution in [0, 0.1) is 0 Å². The Morgan fingerprint density at radius 3 is 1.81 bits per heavy atom. The average molecular weight is 394 g/mol. The lowest BCUT2D eigenvalue weighted by molar-refractivity contribution is -0.347. The summed E-state index contributed by atoms with van der Waals surface area (Å²) in [5.74, 6) is -2.70. The number of hydrogen-bond donors (Lipinski definition) is 0. The smallest absolute Gasteiger partial charge is 0.272 e. The van der Waals surface area contributed by atoms with Gasteiger partial charge in [0.25, 0.3) is 5.91 Å². The molecule has 1 saturated heterocycles. The van der Waals surface area contributed by atoms with Crippen LogP contribution >= 0.6 is 0 Å². The normalized spacial score (nSPS) is 23.4. The van der Waals surface area contributed by atoms with Gasteiger partial charge in [-0.3, -0.25) is 9.69 Å². The Kier molecular flexibility index (Phi) is 4.94. The third-order valence-electron chi connectivity index (χ3n) is 3.99. The van der Waals surface area contributed by atoms with Gasteiger partial charge in [0.2, 0.25) is 5.54 Å². The molecule has 146 valence electrons. The van der Waals surface area contributed by atoms with Crippen molar-refractivity contribution in [3.63, 3.8) is 0 Å². The molecule has 1 aliphatic heterocycles. The van der Waals surface area contributed by atoms with Gasteiger partial charge in [0.05, 0.1) is 0 Å². The molecule has 1 aromatic carbocycles. The topological polar surface area (TPSA) is 23.6 Å². The van der Waals surface area contributed by atoms with E-state index in [1.54, 1.807) is 0 Å². The molecule has 0 spiro atoms. The number of amides is 1. The van der Waals surface area contributed by atoms with Crippen molar-refractivity contribution in [2.75, 3.05) is 13.1 Å². The molecular weight excluding hydrogens is 383 g/mol. The van der Waals surface area contributed by atoms with Crippen molar-refractivity contribution in [1.82, 2.24) is 9.80 Å². The van der Waals surface area contributed by atoms with Crippen molar-refractivity contribution in [2.24, 2.45) is 0 Å². The SMILES string of the molecule is O=C1N(C(F)(F)F)CCN(C(F)(F)F)C1(Cc1ccccc1)C(F)(F)F. The molecule has 0 aromatic heterocycles. The first-order chi connectivity index (χ1) is 11.7. The van der Waals surface area contributed by atoms with E-state index in [1.807, 2.05) is 0 Å². The second-order valence-electron chi connectivity index (χ2n) is 5.56. The first-order valence-electron chi connectivity index (χ1n) is 7.05. The lowest BCUT2D eigenvalue weighted by atomic mass is 9.84. The van der Waals surface area contributed by atoms with E-state index in [1.165, 1.54) is 18.2 Å². The van der Waals surface area contributed by atoms with Gasteiger partial charge in [-0.1, -0.05) is 30.3 Å². The minimum absolute atomic E-state index is 0.364. The number of nitrogens with zero attached hydrogens (tertiary/aromatic N) is 2. The summed E-state index contributed by atoms with van der Waals surface area (Å²) in [5.41, 5.74) is -4.78. The van der Waals surface area contributed by atoms with Gasteiger partial charge < -0.3 is 0 Å². The van der Waals surface area contributed by atoms with Gasteiger partial charge >= 0.3 is 18.8 Å². The van der Waals surface area contributed by atoms with Crippen LogP contribution in [0.5, 0.6) is 0 Å². The second kappa shape index (κ2) is 6.32. The molecule has 0 N–H and O–H groups in total. The second-order valence-corrected chi connectivity index (χ2v) is 5.56. The molecule has 1 atom stereocenters. The minimum Gasteiger partial charge on any atom is -0.272 e. The van der Waals surface area contributed by atoms with Crippen LogP contribution in [0.25, 0.3) is 0 Å². The highest BCUT2D eigenvalue weighted by atomic mass is 19.4. The highest BCUT2D eigenvalue weighted by molar-refractivity contribution is 5.89. The molecule has 1 heterocycles. The van der Waals surface area contributed by atoms with Crippen molar-refractivity contribution in [3.8, 4) is 0 Å². The molecule has 2 rings (SSSR count). The van der Waals surface area contributed by atoms with E-state index >= 15 is 0 Å².